The fourth-order valence-electron chi connectivity index (χ4n) is 3.98. The van der Waals surface area contributed by atoms with Crippen molar-refractivity contribution in [3.05, 3.63) is 30.1 Å². The van der Waals surface area contributed by atoms with E-state index in [2.05, 4.69) is 34.1 Å². The highest BCUT2D eigenvalue weighted by molar-refractivity contribution is 5.76. The van der Waals surface area contributed by atoms with Gasteiger partial charge in [-0.3, -0.25) is 0 Å². The molecule has 1 saturated heterocycles. The lowest BCUT2D eigenvalue weighted by Gasteiger charge is -2.25. The summed E-state index contributed by atoms with van der Waals surface area (Å²) in [5.74, 6) is 2.00. The van der Waals surface area contributed by atoms with Gasteiger partial charge in [0.15, 0.2) is 0 Å². The Morgan fingerprint density at radius 2 is 1.75 bits per heavy atom. The second-order valence-electron chi connectivity index (χ2n) is 6.29. The Morgan fingerprint density at radius 1 is 1.00 bits per heavy atom. The fraction of sp³-hybridized carbons (Fsp3) is 0.588. The maximum Gasteiger partial charge on any atom is 0.113 e. The molecule has 1 aromatic carbocycles. The van der Waals surface area contributed by atoms with Crippen LogP contribution in [-0.4, -0.2) is 22.6 Å². The molecule has 20 heavy (non-hydrogen) atoms. The quantitative estimate of drug-likeness (QED) is 0.902. The Hall–Kier alpha value is -1.35. The summed E-state index contributed by atoms with van der Waals surface area (Å²) in [6, 6.07) is 9.38. The van der Waals surface area contributed by atoms with Crippen molar-refractivity contribution in [2.75, 3.05) is 13.1 Å². The Balaban J connectivity index is 1.82. The summed E-state index contributed by atoms with van der Waals surface area (Å²) in [4.78, 5) is 5.02. The third kappa shape index (κ3) is 2.05. The first-order chi connectivity index (χ1) is 9.93. The van der Waals surface area contributed by atoms with Crippen LogP contribution in [0.15, 0.2) is 24.3 Å². The molecular formula is C17H23N3. The molecule has 2 heterocycles. The SMILES string of the molecule is c1ccc2c(c1)nc(C1CCNCC1)n2C1CCCC1. The highest BCUT2D eigenvalue weighted by atomic mass is 15.1. The molecule has 1 saturated carbocycles. The molecule has 1 aromatic heterocycles. The monoisotopic (exact) mass is 269 g/mol. The molecule has 0 bridgehead atoms. The highest BCUT2D eigenvalue weighted by Gasteiger charge is 2.27. The van der Waals surface area contributed by atoms with Crippen molar-refractivity contribution < 1.29 is 0 Å². The molecule has 0 radical (unpaired) electrons. The minimum Gasteiger partial charge on any atom is -0.325 e. The Kier molecular flexibility index (Phi) is 3.23. The molecule has 0 spiro atoms. The maximum absolute atomic E-state index is 5.02. The molecule has 106 valence electrons. The van der Waals surface area contributed by atoms with E-state index in [1.54, 1.807) is 0 Å². The molecule has 1 N–H and O–H groups in total. The summed E-state index contributed by atoms with van der Waals surface area (Å²) in [5.41, 5.74) is 2.54. The second kappa shape index (κ2) is 5.21. The van der Waals surface area contributed by atoms with E-state index in [1.807, 2.05) is 0 Å². The average molecular weight is 269 g/mol. The lowest BCUT2D eigenvalue weighted by molar-refractivity contribution is 0.412. The van der Waals surface area contributed by atoms with Crippen LogP contribution in [0.25, 0.3) is 11.0 Å². The standard InChI is InChI=1S/C17H23N3/c1-2-6-14(5-1)20-16-8-4-3-7-15(16)19-17(20)13-9-11-18-12-10-13/h3-4,7-8,13-14,18H,1-2,5-6,9-12H2. The van der Waals surface area contributed by atoms with Crippen LogP contribution in [0.1, 0.15) is 56.3 Å². The Morgan fingerprint density at radius 3 is 2.55 bits per heavy atom. The van der Waals surface area contributed by atoms with E-state index in [1.165, 1.54) is 55.4 Å². The van der Waals surface area contributed by atoms with Gasteiger partial charge in [-0.25, -0.2) is 4.98 Å². The van der Waals surface area contributed by atoms with Crippen molar-refractivity contribution in [3.8, 4) is 0 Å². The normalized spacial score (nSPS) is 21.8. The van der Waals surface area contributed by atoms with Gasteiger partial charge in [-0.15, -0.1) is 0 Å². The number of hydrogen-bond donors (Lipinski definition) is 1. The molecule has 1 aliphatic heterocycles. The maximum atomic E-state index is 5.02. The molecule has 0 amide bonds. The van der Waals surface area contributed by atoms with E-state index in [4.69, 9.17) is 4.98 Å². The lowest BCUT2D eigenvalue weighted by atomic mass is 9.97. The summed E-state index contributed by atoms with van der Waals surface area (Å²) >= 11 is 0. The summed E-state index contributed by atoms with van der Waals surface area (Å²) in [6.07, 6.45) is 7.88. The molecule has 2 aliphatic rings. The van der Waals surface area contributed by atoms with Gasteiger partial charge in [0, 0.05) is 12.0 Å². The van der Waals surface area contributed by atoms with Gasteiger partial charge in [0.2, 0.25) is 0 Å². The van der Waals surface area contributed by atoms with E-state index in [0.29, 0.717) is 12.0 Å². The van der Waals surface area contributed by atoms with Crippen LogP contribution in [0.5, 0.6) is 0 Å². The fourth-order valence-corrected chi connectivity index (χ4v) is 3.98. The first-order valence-electron chi connectivity index (χ1n) is 8.11. The number of imidazole rings is 1. The van der Waals surface area contributed by atoms with E-state index < -0.39 is 0 Å². The zero-order valence-electron chi connectivity index (χ0n) is 12.0. The van der Waals surface area contributed by atoms with Gasteiger partial charge in [-0.1, -0.05) is 25.0 Å². The predicted molar refractivity (Wildman–Crippen MR) is 82.1 cm³/mol. The van der Waals surface area contributed by atoms with Crippen LogP contribution in [0.4, 0.5) is 0 Å². The molecule has 3 nitrogen and oxygen atoms in total. The summed E-state index contributed by atoms with van der Waals surface area (Å²) in [6.45, 7) is 2.27. The minimum atomic E-state index is 0.643. The van der Waals surface area contributed by atoms with E-state index >= 15 is 0 Å². The number of aromatic nitrogens is 2. The van der Waals surface area contributed by atoms with Gasteiger partial charge in [-0.2, -0.15) is 0 Å². The number of nitrogens with one attached hydrogen (secondary N) is 1. The molecule has 2 fully saturated rings. The number of rotatable bonds is 2. The van der Waals surface area contributed by atoms with Crippen molar-refractivity contribution in [1.29, 1.82) is 0 Å². The predicted octanol–water partition coefficient (Wildman–Crippen LogP) is 3.62. The molecule has 0 unspecified atom stereocenters. The lowest BCUT2D eigenvalue weighted by Crippen LogP contribution is -2.28. The number of hydrogen-bond acceptors (Lipinski definition) is 2. The van der Waals surface area contributed by atoms with Gasteiger partial charge in [0.1, 0.15) is 5.82 Å². The van der Waals surface area contributed by atoms with Crippen LogP contribution in [-0.2, 0) is 0 Å². The zero-order valence-corrected chi connectivity index (χ0v) is 12.0. The van der Waals surface area contributed by atoms with Gasteiger partial charge in [-0.05, 0) is 50.9 Å². The van der Waals surface area contributed by atoms with E-state index in [9.17, 15) is 0 Å². The minimum absolute atomic E-state index is 0.643. The van der Waals surface area contributed by atoms with Gasteiger partial charge < -0.3 is 9.88 Å². The van der Waals surface area contributed by atoms with Gasteiger partial charge in [0.25, 0.3) is 0 Å². The number of fused-ring (bicyclic) bond motifs is 1. The number of nitrogens with zero attached hydrogens (tertiary/aromatic N) is 2. The Bertz CT molecular complexity index is 589. The molecule has 4 rings (SSSR count). The third-order valence-electron chi connectivity index (χ3n) is 5.02. The number of piperidine rings is 1. The summed E-state index contributed by atoms with van der Waals surface area (Å²) < 4.78 is 2.60. The zero-order chi connectivity index (χ0) is 13.4. The molecule has 3 heteroatoms. The van der Waals surface area contributed by atoms with Crippen molar-refractivity contribution in [3.63, 3.8) is 0 Å². The van der Waals surface area contributed by atoms with E-state index in [-0.39, 0.29) is 0 Å². The largest absolute Gasteiger partial charge is 0.325 e. The van der Waals surface area contributed by atoms with Crippen molar-refractivity contribution >= 4 is 11.0 Å². The first kappa shape index (κ1) is 12.4. The first-order valence-corrected chi connectivity index (χ1v) is 8.11. The topological polar surface area (TPSA) is 29.9 Å². The molecule has 1 aliphatic carbocycles. The molecule has 2 aromatic rings. The highest BCUT2D eigenvalue weighted by Crippen LogP contribution is 2.37. The number of para-hydroxylation sites is 2. The van der Waals surface area contributed by atoms with Crippen molar-refractivity contribution in [2.45, 2.75) is 50.5 Å². The van der Waals surface area contributed by atoms with Crippen molar-refractivity contribution in [2.24, 2.45) is 0 Å². The van der Waals surface area contributed by atoms with Gasteiger partial charge >= 0.3 is 0 Å². The smallest absolute Gasteiger partial charge is 0.113 e. The molecule has 0 atom stereocenters. The van der Waals surface area contributed by atoms with Crippen LogP contribution < -0.4 is 5.32 Å². The second-order valence-corrected chi connectivity index (χ2v) is 6.29. The van der Waals surface area contributed by atoms with E-state index in [0.717, 1.165) is 13.1 Å². The molecular weight excluding hydrogens is 246 g/mol. The van der Waals surface area contributed by atoms with Crippen LogP contribution >= 0.6 is 0 Å². The van der Waals surface area contributed by atoms with Crippen LogP contribution in [0, 0.1) is 0 Å². The summed E-state index contributed by atoms with van der Waals surface area (Å²) in [7, 11) is 0. The number of benzene rings is 1. The third-order valence-corrected chi connectivity index (χ3v) is 5.02. The Labute approximate surface area is 120 Å². The van der Waals surface area contributed by atoms with Crippen LogP contribution in [0.2, 0.25) is 0 Å². The van der Waals surface area contributed by atoms with Crippen molar-refractivity contribution in [1.82, 2.24) is 14.9 Å². The van der Waals surface area contributed by atoms with Gasteiger partial charge in [0.05, 0.1) is 11.0 Å². The average Bonchev–Trinajstić information content (AvgIpc) is 3.14. The van der Waals surface area contributed by atoms with Crippen LogP contribution in [0.3, 0.4) is 0 Å². The summed E-state index contributed by atoms with van der Waals surface area (Å²) in [5, 5.41) is 3.47.